The van der Waals surface area contributed by atoms with Crippen LogP contribution in [0.4, 0.5) is 10.1 Å². The van der Waals surface area contributed by atoms with E-state index in [9.17, 15) is 32.0 Å². The number of likely N-dealkylation sites (N-methyl/N-ethyl adjacent to an activating group) is 1. The van der Waals surface area contributed by atoms with Crippen molar-refractivity contribution >= 4 is 55.5 Å². The van der Waals surface area contributed by atoms with E-state index in [1.165, 1.54) is 31.4 Å². The number of halogens is 1. The van der Waals surface area contributed by atoms with Crippen molar-refractivity contribution in [1.29, 1.82) is 0 Å². The predicted molar refractivity (Wildman–Crippen MR) is 244 cm³/mol. The Labute approximate surface area is 368 Å². The van der Waals surface area contributed by atoms with Crippen LogP contribution in [-0.2, 0) is 24.4 Å². The standard InChI is InChI=1S/C17H18N2O2S.C15H25NO3S.C14H18FN3O2/c1-9(2)14-8-22-17(19-14)13-7-12-10(3)15(21-4)6-5-11(12)16(20)18-13;1-3-4-5-6-7-8-12-11-13(12)14(17)16-20(18,19)15(2)9-10-15;1-16-14(20)12-6-3-7-18(12)13(19)9-17-11-5-2-4-10(15)8-11/h5-9H,1-4H3,(H,18,20);7-8,12-13H,3-6,9-11H2,1-2H3,(H,16,17);2,4-5,8,12,17H,3,6-7,9H2,1H3,(H,16,20)/b;8-7-;. The molecule has 0 radical (unpaired) electrons. The maximum absolute atomic E-state index is 13.0. The first-order valence-corrected chi connectivity index (χ1v) is 23.8. The third-order valence-electron chi connectivity index (χ3n) is 11.6. The summed E-state index contributed by atoms with van der Waals surface area (Å²) >= 11 is 1.55. The number of rotatable bonds is 15. The zero-order valence-electron chi connectivity index (χ0n) is 36.8. The van der Waals surface area contributed by atoms with Crippen LogP contribution in [0.15, 0.2) is 64.8 Å². The number of hydrogen-bond acceptors (Lipinski definition) is 10. The van der Waals surface area contributed by atoms with E-state index in [2.05, 4.69) is 58.2 Å². The number of carbonyl (C=O) groups is 3. The van der Waals surface area contributed by atoms with E-state index in [4.69, 9.17) is 4.74 Å². The average molecular weight is 893 g/mol. The number of H-pyrrole nitrogens is 1. The summed E-state index contributed by atoms with van der Waals surface area (Å²) in [6, 6.07) is 11.2. The van der Waals surface area contributed by atoms with Crippen molar-refractivity contribution in [3.63, 3.8) is 0 Å². The molecule has 13 nitrogen and oxygen atoms in total. The highest BCUT2D eigenvalue weighted by Crippen LogP contribution is 2.44. The minimum absolute atomic E-state index is 0.0525. The summed E-state index contributed by atoms with van der Waals surface area (Å²) in [7, 11) is -0.270. The molecule has 2 aromatic heterocycles. The summed E-state index contributed by atoms with van der Waals surface area (Å²) in [5.41, 5.74) is 3.22. The van der Waals surface area contributed by atoms with E-state index in [-0.39, 0.29) is 53.5 Å². The molecule has 62 heavy (non-hydrogen) atoms. The van der Waals surface area contributed by atoms with Gasteiger partial charge in [0.15, 0.2) is 0 Å². The number of carbonyl (C=O) groups excluding carboxylic acids is 3. The number of pyridine rings is 1. The molecule has 3 amide bonds. The molecule has 3 aliphatic rings. The number of aryl methyl sites for hydroxylation is 1. The first kappa shape index (κ1) is 48.0. The van der Waals surface area contributed by atoms with Gasteiger partial charge < -0.3 is 25.3 Å². The van der Waals surface area contributed by atoms with Gasteiger partial charge in [0.25, 0.3) is 5.56 Å². The molecule has 4 aromatic rings. The molecule has 1 saturated heterocycles. The van der Waals surface area contributed by atoms with Crippen LogP contribution in [0.3, 0.4) is 0 Å². The van der Waals surface area contributed by atoms with E-state index in [1.807, 2.05) is 24.4 Å². The number of thiazole rings is 1. The molecule has 2 aromatic carbocycles. The maximum Gasteiger partial charge on any atom is 0.256 e. The SMILES string of the molecule is CCCCC/C=C\C1CC1C(=O)NS(=O)(=O)C1(C)CC1.CNC(=O)C1CCCN1C(=O)CNc1cccc(F)c1.COc1ccc2c(=O)[nH]c(-c3nc(C(C)C)cs3)cc2c1C. The van der Waals surface area contributed by atoms with Crippen LogP contribution in [0, 0.1) is 24.6 Å². The van der Waals surface area contributed by atoms with Crippen molar-refractivity contribution in [2.24, 2.45) is 11.8 Å². The number of aromatic nitrogens is 2. The highest BCUT2D eigenvalue weighted by Gasteiger charge is 2.52. The zero-order chi connectivity index (χ0) is 45.2. The molecule has 16 heteroatoms. The second kappa shape index (κ2) is 21.3. The molecule has 3 unspecified atom stereocenters. The van der Waals surface area contributed by atoms with Crippen LogP contribution in [0.1, 0.15) is 103 Å². The van der Waals surface area contributed by atoms with E-state index in [0.29, 0.717) is 42.8 Å². The molecule has 3 fully saturated rings. The van der Waals surface area contributed by atoms with Gasteiger partial charge in [-0.3, -0.25) is 23.9 Å². The predicted octanol–water partition coefficient (Wildman–Crippen LogP) is 7.82. The van der Waals surface area contributed by atoms with Gasteiger partial charge in [0, 0.05) is 36.0 Å². The fourth-order valence-corrected chi connectivity index (χ4v) is 9.40. The Morgan fingerprint density at radius 1 is 1.11 bits per heavy atom. The van der Waals surface area contributed by atoms with E-state index >= 15 is 0 Å². The highest BCUT2D eigenvalue weighted by molar-refractivity contribution is 7.91. The largest absolute Gasteiger partial charge is 0.496 e. The normalized spacial score (nSPS) is 18.7. The maximum atomic E-state index is 13.0. The summed E-state index contributed by atoms with van der Waals surface area (Å²) in [4.78, 5) is 57.2. The first-order chi connectivity index (χ1) is 29.5. The molecular weight excluding hydrogens is 832 g/mol. The van der Waals surface area contributed by atoms with E-state index < -0.39 is 14.8 Å². The summed E-state index contributed by atoms with van der Waals surface area (Å²) in [6.45, 7) is 10.7. The van der Waals surface area contributed by atoms with Crippen molar-refractivity contribution in [2.75, 3.05) is 32.6 Å². The number of amides is 3. The van der Waals surface area contributed by atoms with Crippen LogP contribution in [0.5, 0.6) is 5.75 Å². The van der Waals surface area contributed by atoms with Crippen LogP contribution < -0.4 is 25.7 Å². The summed E-state index contributed by atoms with van der Waals surface area (Å²) in [5.74, 6) is 0.286. The molecular formula is C46H61FN6O7S2. The number of unbranched alkanes of at least 4 members (excludes halogenated alkanes) is 3. The lowest BCUT2D eigenvalue weighted by Gasteiger charge is -2.23. The number of allylic oxidation sites excluding steroid dienone is 2. The molecule has 0 bridgehead atoms. The zero-order valence-corrected chi connectivity index (χ0v) is 38.4. The second-order valence-corrected chi connectivity index (χ2v) is 19.7. The third-order valence-corrected chi connectivity index (χ3v) is 14.6. The number of aromatic amines is 1. The van der Waals surface area contributed by atoms with Crippen LogP contribution in [0.25, 0.3) is 21.5 Å². The summed E-state index contributed by atoms with van der Waals surface area (Å²) in [5, 5.41) is 9.90. The molecule has 2 aliphatic carbocycles. The van der Waals surface area contributed by atoms with Crippen molar-refractivity contribution in [3.8, 4) is 16.5 Å². The van der Waals surface area contributed by atoms with Gasteiger partial charge in [0.2, 0.25) is 27.7 Å². The first-order valence-electron chi connectivity index (χ1n) is 21.4. The topological polar surface area (TPSA) is 180 Å². The number of benzene rings is 2. The van der Waals surface area contributed by atoms with Crippen molar-refractivity contribution in [1.82, 2.24) is 24.9 Å². The summed E-state index contributed by atoms with van der Waals surface area (Å²) in [6.07, 6.45) is 12.5. The Morgan fingerprint density at radius 2 is 1.87 bits per heavy atom. The van der Waals surface area contributed by atoms with Gasteiger partial charge in [-0.25, -0.2) is 17.8 Å². The van der Waals surface area contributed by atoms with Gasteiger partial charge in [-0.1, -0.05) is 51.8 Å². The fraction of sp³-hybridized carbons (Fsp3) is 0.500. The van der Waals surface area contributed by atoms with E-state index in [1.54, 1.807) is 55.5 Å². The number of fused-ring (bicyclic) bond motifs is 1. The number of anilines is 1. The minimum atomic E-state index is -3.47. The number of hydrogen-bond donors (Lipinski definition) is 4. The number of likely N-dealkylation sites (tertiary alicyclic amines) is 1. The lowest BCUT2D eigenvalue weighted by molar-refractivity contribution is -0.136. The van der Waals surface area contributed by atoms with Gasteiger partial charge in [-0.2, -0.15) is 0 Å². The van der Waals surface area contributed by atoms with Crippen molar-refractivity contribution in [3.05, 3.63) is 87.4 Å². The molecule has 336 valence electrons. The van der Waals surface area contributed by atoms with Gasteiger partial charge in [-0.15, -0.1) is 11.3 Å². The smallest absolute Gasteiger partial charge is 0.256 e. The quantitative estimate of drug-likeness (QED) is 0.0684. The van der Waals surface area contributed by atoms with Crippen LogP contribution in [0.2, 0.25) is 0 Å². The number of ether oxygens (including phenoxy) is 1. The molecule has 3 atom stereocenters. The molecule has 4 N–H and O–H groups in total. The molecule has 7 rings (SSSR count). The number of nitrogens with zero attached hydrogens (tertiary/aromatic N) is 2. The number of sulfonamides is 1. The Bertz CT molecular complexity index is 2410. The average Bonchev–Trinajstić information content (AvgIpc) is 4.06. The summed E-state index contributed by atoms with van der Waals surface area (Å²) < 4.78 is 43.8. The van der Waals surface area contributed by atoms with E-state index in [0.717, 1.165) is 52.4 Å². The lowest BCUT2D eigenvalue weighted by atomic mass is 10.1. The number of nitrogens with one attached hydrogen (secondary N) is 4. The van der Waals surface area contributed by atoms with Gasteiger partial charge >= 0.3 is 0 Å². The second-order valence-electron chi connectivity index (χ2n) is 16.7. The molecule has 3 heterocycles. The van der Waals surface area contributed by atoms with Crippen LogP contribution >= 0.6 is 11.3 Å². The third kappa shape index (κ3) is 12.3. The molecule has 2 saturated carbocycles. The highest BCUT2D eigenvalue weighted by atomic mass is 32.2. The number of methoxy groups -OCH3 is 1. The minimum Gasteiger partial charge on any atom is -0.496 e. The Hall–Kier alpha value is -5.09. The Morgan fingerprint density at radius 3 is 2.52 bits per heavy atom. The van der Waals surface area contributed by atoms with Crippen molar-refractivity contribution in [2.45, 2.75) is 109 Å². The fourth-order valence-electron chi connectivity index (χ4n) is 7.14. The lowest BCUT2D eigenvalue weighted by Crippen LogP contribution is -2.46. The van der Waals surface area contributed by atoms with Gasteiger partial charge in [0.05, 0.1) is 29.8 Å². The van der Waals surface area contributed by atoms with Crippen LogP contribution in [-0.4, -0.2) is 79.0 Å². The van der Waals surface area contributed by atoms with Crippen molar-refractivity contribution < 1.29 is 31.9 Å². The monoisotopic (exact) mass is 892 g/mol. The molecule has 0 spiro atoms. The Balaban J connectivity index is 0.000000176. The Kier molecular flexibility index (Phi) is 16.5. The molecule has 1 aliphatic heterocycles. The van der Waals surface area contributed by atoms with Gasteiger partial charge in [0.1, 0.15) is 22.6 Å². The van der Waals surface area contributed by atoms with Gasteiger partial charge in [-0.05, 0) is 118 Å².